The summed E-state index contributed by atoms with van der Waals surface area (Å²) >= 11 is 5.96. The van der Waals surface area contributed by atoms with Crippen LogP contribution in [0.2, 0.25) is 5.15 Å². The predicted molar refractivity (Wildman–Crippen MR) is 75.1 cm³/mol. The number of nitrogens with zero attached hydrogens (tertiary/aromatic N) is 1. The number of pyridine rings is 1. The maximum absolute atomic E-state index is 5.96. The first kappa shape index (κ1) is 13.8. The number of halogens is 1. The van der Waals surface area contributed by atoms with Crippen LogP contribution in [-0.4, -0.2) is 4.98 Å². The number of nitrogens with one attached hydrogen (secondary N) is 1. The van der Waals surface area contributed by atoms with Crippen molar-refractivity contribution >= 4 is 11.6 Å². The summed E-state index contributed by atoms with van der Waals surface area (Å²) in [6, 6.07) is 4.12. The zero-order chi connectivity index (χ0) is 13.0. The Labute approximate surface area is 114 Å². The SMILES string of the molecule is CCC1CCCC(C(NN)c2ccnc(Cl)c2)C1. The van der Waals surface area contributed by atoms with Crippen LogP contribution in [0.25, 0.3) is 0 Å². The highest BCUT2D eigenvalue weighted by Gasteiger charge is 2.28. The van der Waals surface area contributed by atoms with Gasteiger partial charge in [0.1, 0.15) is 5.15 Å². The van der Waals surface area contributed by atoms with E-state index in [9.17, 15) is 0 Å². The first-order valence-electron chi connectivity index (χ1n) is 6.82. The highest BCUT2D eigenvalue weighted by Crippen LogP contribution is 2.38. The maximum atomic E-state index is 5.96. The number of hydrogen-bond acceptors (Lipinski definition) is 3. The van der Waals surface area contributed by atoms with Gasteiger partial charge < -0.3 is 0 Å². The van der Waals surface area contributed by atoms with Gasteiger partial charge in [0.25, 0.3) is 0 Å². The number of aromatic nitrogens is 1. The maximum Gasteiger partial charge on any atom is 0.129 e. The summed E-state index contributed by atoms with van der Waals surface area (Å²) in [6.45, 7) is 2.28. The first-order valence-corrected chi connectivity index (χ1v) is 7.20. The van der Waals surface area contributed by atoms with Gasteiger partial charge in [0.15, 0.2) is 0 Å². The van der Waals surface area contributed by atoms with Gasteiger partial charge in [-0.3, -0.25) is 11.3 Å². The topological polar surface area (TPSA) is 50.9 Å². The normalized spacial score (nSPS) is 25.9. The number of nitrogens with two attached hydrogens (primary N) is 1. The van der Waals surface area contributed by atoms with Crippen molar-refractivity contribution in [3.8, 4) is 0 Å². The van der Waals surface area contributed by atoms with E-state index in [1.165, 1.54) is 32.1 Å². The van der Waals surface area contributed by atoms with E-state index < -0.39 is 0 Å². The third-order valence-corrected chi connectivity index (χ3v) is 4.37. The third kappa shape index (κ3) is 3.22. The van der Waals surface area contributed by atoms with Crippen molar-refractivity contribution in [2.24, 2.45) is 17.7 Å². The number of hydrogen-bond donors (Lipinski definition) is 2. The summed E-state index contributed by atoms with van der Waals surface area (Å²) in [6.07, 6.45) is 8.19. The molecule has 3 unspecified atom stereocenters. The molecular weight excluding hydrogens is 246 g/mol. The van der Waals surface area contributed by atoms with Gasteiger partial charge in [-0.05, 0) is 42.4 Å². The minimum atomic E-state index is 0.194. The van der Waals surface area contributed by atoms with E-state index >= 15 is 0 Å². The lowest BCUT2D eigenvalue weighted by Crippen LogP contribution is -2.35. The molecule has 0 amide bonds. The second kappa shape index (κ2) is 6.50. The predicted octanol–water partition coefficient (Wildman–Crippen LogP) is 3.46. The Bertz CT molecular complexity index is 383. The van der Waals surface area contributed by atoms with Crippen LogP contribution in [0.1, 0.15) is 50.6 Å². The Morgan fingerprint density at radius 2 is 2.39 bits per heavy atom. The standard InChI is InChI=1S/C14H22ClN3/c1-2-10-4-3-5-11(8-10)14(18-16)12-6-7-17-13(15)9-12/h6-7,9-11,14,18H,2-5,8,16H2,1H3. The fourth-order valence-corrected chi connectivity index (χ4v) is 3.30. The zero-order valence-corrected chi connectivity index (χ0v) is 11.7. The lowest BCUT2D eigenvalue weighted by atomic mass is 9.75. The molecule has 0 aliphatic heterocycles. The van der Waals surface area contributed by atoms with Crippen molar-refractivity contribution in [1.29, 1.82) is 0 Å². The zero-order valence-electron chi connectivity index (χ0n) is 10.9. The molecule has 1 saturated carbocycles. The van der Waals surface area contributed by atoms with E-state index in [0.717, 1.165) is 11.5 Å². The van der Waals surface area contributed by atoms with Crippen LogP contribution in [0.4, 0.5) is 0 Å². The molecule has 3 nitrogen and oxygen atoms in total. The summed E-state index contributed by atoms with van der Waals surface area (Å²) in [4.78, 5) is 4.03. The van der Waals surface area contributed by atoms with Gasteiger partial charge in [-0.2, -0.15) is 0 Å². The molecule has 0 radical (unpaired) electrons. The Morgan fingerprint density at radius 1 is 1.56 bits per heavy atom. The molecule has 0 bridgehead atoms. The van der Waals surface area contributed by atoms with Crippen LogP contribution in [-0.2, 0) is 0 Å². The molecule has 0 spiro atoms. The van der Waals surface area contributed by atoms with E-state index in [-0.39, 0.29) is 6.04 Å². The average molecular weight is 268 g/mol. The molecule has 18 heavy (non-hydrogen) atoms. The van der Waals surface area contributed by atoms with Crippen LogP contribution in [0, 0.1) is 11.8 Å². The van der Waals surface area contributed by atoms with Crippen LogP contribution in [0.3, 0.4) is 0 Å². The van der Waals surface area contributed by atoms with Crippen LogP contribution < -0.4 is 11.3 Å². The first-order chi connectivity index (χ1) is 8.74. The van der Waals surface area contributed by atoms with Gasteiger partial charge in [-0.15, -0.1) is 0 Å². The van der Waals surface area contributed by atoms with Crippen molar-refractivity contribution in [1.82, 2.24) is 10.4 Å². The lowest BCUT2D eigenvalue weighted by Gasteiger charge is -2.34. The van der Waals surface area contributed by atoms with Crippen molar-refractivity contribution in [2.45, 2.75) is 45.1 Å². The molecule has 0 aromatic carbocycles. The van der Waals surface area contributed by atoms with E-state index in [1.54, 1.807) is 6.20 Å². The van der Waals surface area contributed by atoms with Gasteiger partial charge in [-0.25, -0.2) is 4.98 Å². The number of rotatable bonds is 4. The second-order valence-electron chi connectivity index (χ2n) is 5.26. The molecule has 1 aliphatic carbocycles. The molecule has 1 aromatic heterocycles. The summed E-state index contributed by atoms with van der Waals surface area (Å²) in [5.41, 5.74) is 4.13. The molecule has 1 aromatic rings. The molecule has 1 heterocycles. The lowest BCUT2D eigenvalue weighted by molar-refractivity contribution is 0.210. The second-order valence-corrected chi connectivity index (χ2v) is 5.64. The molecule has 2 rings (SSSR count). The van der Waals surface area contributed by atoms with Crippen LogP contribution in [0.5, 0.6) is 0 Å². The summed E-state index contributed by atoms with van der Waals surface area (Å²) < 4.78 is 0. The van der Waals surface area contributed by atoms with E-state index in [4.69, 9.17) is 17.4 Å². The molecule has 1 aliphatic rings. The Kier molecular flexibility index (Phi) is 4.98. The van der Waals surface area contributed by atoms with Crippen molar-refractivity contribution < 1.29 is 0 Å². The Hall–Kier alpha value is -0.640. The molecule has 3 atom stereocenters. The van der Waals surface area contributed by atoms with Gasteiger partial charge in [0.05, 0.1) is 0 Å². The van der Waals surface area contributed by atoms with E-state index in [0.29, 0.717) is 11.1 Å². The van der Waals surface area contributed by atoms with Gasteiger partial charge >= 0.3 is 0 Å². The smallest absolute Gasteiger partial charge is 0.129 e. The van der Waals surface area contributed by atoms with Gasteiger partial charge in [0, 0.05) is 12.2 Å². The minimum Gasteiger partial charge on any atom is -0.271 e. The molecule has 4 heteroatoms. The molecular formula is C14H22ClN3. The Morgan fingerprint density at radius 3 is 3.06 bits per heavy atom. The molecule has 1 fully saturated rings. The quantitative estimate of drug-likeness (QED) is 0.499. The van der Waals surface area contributed by atoms with Gasteiger partial charge in [-0.1, -0.05) is 37.8 Å². The van der Waals surface area contributed by atoms with Crippen molar-refractivity contribution in [3.05, 3.63) is 29.0 Å². The largest absolute Gasteiger partial charge is 0.271 e. The highest BCUT2D eigenvalue weighted by atomic mass is 35.5. The molecule has 0 saturated heterocycles. The van der Waals surface area contributed by atoms with Crippen LogP contribution >= 0.6 is 11.6 Å². The van der Waals surface area contributed by atoms with Crippen LogP contribution in [0.15, 0.2) is 18.3 Å². The van der Waals surface area contributed by atoms with E-state index in [1.807, 2.05) is 12.1 Å². The van der Waals surface area contributed by atoms with Gasteiger partial charge in [0.2, 0.25) is 0 Å². The molecule has 3 N–H and O–H groups in total. The molecule has 100 valence electrons. The summed E-state index contributed by atoms with van der Waals surface area (Å²) in [7, 11) is 0. The average Bonchev–Trinajstić information content (AvgIpc) is 2.40. The monoisotopic (exact) mass is 267 g/mol. The Balaban J connectivity index is 2.12. The summed E-state index contributed by atoms with van der Waals surface area (Å²) in [5.74, 6) is 7.21. The van der Waals surface area contributed by atoms with E-state index in [2.05, 4.69) is 17.3 Å². The minimum absolute atomic E-state index is 0.194. The van der Waals surface area contributed by atoms with Crippen molar-refractivity contribution in [2.75, 3.05) is 0 Å². The fourth-order valence-electron chi connectivity index (χ4n) is 3.12. The fraction of sp³-hybridized carbons (Fsp3) is 0.643. The highest BCUT2D eigenvalue weighted by molar-refractivity contribution is 6.29. The summed E-state index contributed by atoms with van der Waals surface area (Å²) in [5, 5.41) is 0.538. The third-order valence-electron chi connectivity index (χ3n) is 4.16. The number of hydrazine groups is 1. The van der Waals surface area contributed by atoms with Crippen molar-refractivity contribution in [3.63, 3.8) is 0 Å².